The quantitative estimate of drug-likeness (QED) is 0.563. The van der Waals surface area contributed by atoms with Crippen molar-refractivity contribution in [1.82, 2.24) is 10.2 Å². The molecule has 2 aromatic carbocycles. The molecule has 1 atom stereocenters. The van der Waals surface area contributed by atoms with Crippen LogP contribution in [0.25, 0.3) is 0 Å². The van der Waals surface area contributed by atoms with Gasteiger partial charge in [0.25, 0.3) is 0 Å². The van der Waals surface area contributed by atoms with Gasteiger partial charge >= 0.3 is 0 Å². The van der Waals surface area contributed by atoms with E-state index in [1.165, 1.54) is 35.2 Å². The van der Waals surface area contributed by atoms with Crippen molar-refractivity contribution < 1.29 is 13.9 Å². The Hall–Kier alpha value is -2.65. The van der Waals surface area contributed by atoms with Crippen LogP contribution in [-0.4, -0.2) is 28.5 Å². The number of methoxy groups -OCH3 is 1. The molecule has 0 aliphatic rings. The summed E-state index contributed by atoms with van der Waals surface area (Å²) in [6, 6.07) is 13.5. The molecule has 0 bridgehead atoms. The van der Waals surface area contributed by atoms with Crippen LogP contribution in [0.3, 0.4) is 0 Å². The van der Waals surface area contributed by atoms with E-state index in [-0.39, 0.29) is 11.6 Å². The fraction of sp³-hybridized carbons (Fsp3) is 0.167. The van der Waals surface area contributed by atoms with E-state index in [4.69, 9.17) is 4.74 Å². The van der Waals surface area contributed by atoms with E-state index in [1.807, 2.05) is 24.3 Å². The van der Waals surface area contributed by atoms with Gasteiger partial charge in [0.15, 0.2) is 4.34 Å². The maximum atomic E-state index is 13.7. The van der Waals surface area contributed by atoms with Crippen LogP contribution in [0, 0.1) is 5.82 Å². The summed E-state index contributed by atoms with van der Waals surface area (Å²) >= 11 is 2.58. The zero-order valence-corrected chi connectivity index (χ0v) is 16.2. The molecule has 140 valence electrons. The van der Waals surface area contributed by atoms with Crippen molar-refractivity contribution in [2.75, 3.05) is 17.7 Å². The van der Waals surface area contributed by atoms with Gasteiger partial charge in [0.05, 0.1) is 23.7 Å². The Kier molecular flexibility index (Phi) is 6.25. The van der Waals surface area contributed by atoms with Crippen LogP contribution in [0.15, 0.2) is 52.9 Å². The summed E-state index contributed by atoms with van der Waals surface area (Å²) in [4.78, 5) is 12.3. The summed E-state index contributed by atoms with van der Waals surface area (Å²) in [6.45, 7) is 1.73. The number of nitrogens with zero attached hydrogens (tertiary/aromatic N) is 2. The van der Waals surface area contributed by atoms with E-state index in [1.54, 1.807) is 26.2 Å². The van der Waals surface area contributed by atoms with Crippen molar-refractivity contribution in [2.45, 2.75) is 16.5 Å². The molecule has 0 unspecified atom stereocenters. The van der Waals surface area contributed by atoms with E-state index in [0.717, 1.165) is 5.69 Å². The monoisotopic (exact) mass is 404 g/mol. The van der Waals surface area contributed by atoms with Crippen LogP contribution in [0.2, 0.25) is 0 Å². The van der Waals surface area contributed by atoms with Gasteiger partial charge in [-0.05, 0) is 31.2 Å². The Morgan fingerprint density at radius 3 is 2.59 bits per heavy atom. The molecule has 1 amide bonds. The number of benzene rings is 2. The summed E-state index contributed by atoms with van der Waals surface area (Å²) < 4.78 is 19.6. The van der Waals surface area contributed by atoms with Crippen molar-refractivity contribution >= 4 is 45.5 Å². The average molecular weight is 404 g/mol. The lowest BCUT2D eigenvalue weighted by molar-refractivity contribution is -0.115. The predicted octanol–water partition coefficient (Wildman–Crippen LogP) is 4.55. The molecule has 6 nitrogen and oxygen atoms in total. The highest BCUT2D eigenvalue weighted by Crippen LogP contribution is 2.33. The number of amides is 1. The molecule has 2 N–H and O–H groups in total. The van der Waals surface area contributed by atoms with Gasteiger partial charge in [-0.3, -0.25) is 4.79 Å². The minimum Gasteiger partial charge on any atom is -0.495 e. The first-order valence-corrected chi connectivity index (χ1v) is 9.72. The van der Waals surface area contributed by atoms with Gasteiger partial charge in [-0.2, -0.15) is 0 Å². The van der Waals surface area contributed by atoms with Crippen LogP contribution in [0.4, 0.5) is 20.9 Å². The van der Waals surface area contributed by atoms with Crippen molar-refractivity contribution in [3.05, 3.63) is 54.3 Å². The van der Waals surface area contributed by atoms with Crippen LogP contribution in [-0.2, 0) is 4.79 Å². The van der Waals surface area contributed by atoms with E-state index < -0.39 is 11.1 Å². The van der Waals surface area contributed by atoms with Gasteiger partial charge in [-0.1, -0.05) is 47.4 Å². The second kappa shape index (κ2) is 8.83. The van der Waals surface area contributed by atoms with Gasteiger partial charge in [-0.15, -0.1) is 10.2 Å². The minimum absolute atomic E-state index is 0.158. The molecule has 0 aliphatic carbocycles. The van der Waals surface area contributed by atoms with E-state index in [0.29, 0.717) is 15.2 Å². The SMILES string of the molecule is COc1ccccc1Nc1nnc(S[C@@H](C)C(=O)Nc2ccccc2F)s1. The molecular weight excluding hydrogens is 387 g/mol. The fourth-order valence-electron chi connectivity index (χ4n) is 2.17. The number of rotatable bonds is 7. The molecule has 1 heterocycles. The molecule has 0 radical (unpaired) electrons. The second-order valence-corrected chi connectivity index (χ2v) is 7.99. The Labute approximate surface area is 164 Å². The molecule has 0 saturated carbocycles. The third-order valence-electron chi connectivity index (χ3n) is 3.53. The number of carbonyl (C=O) groups excluding carboxylic acids is 1. The van der Waals surface area contributed by atoms with Gasteiger partial charge in [0, 0.05) is 0 Å². The molecule has 9 heteroatoms. The summed E-state index contributed by atoms with van der Waals surface area (Å²) in [6.07, 6.45) is 0. The van der Waals surface area contributed by atoms with Gasteiger partial charge in [0.2, 0.25) is 11.0 Å². The number of thioether (sulfide) groups is 1. The van der Waals surface area contributed by atoms with Crippen molar-refractivity contribution in [3.8, 4) is 5.75 Å². The molecular formula is C18H17FN4O2S2. The lowest BCUT2D eigenvalue weighted by Crippen LogP contribution is -2.22. The average Bonchev–Trinajstić information content (AvgIpc) is 3.10. The van der Waals surface area contributed by atoms with Crippen LogP contribution in [0.1, 0.15) is 6.92 Å². The lowest BCUT2D eigenvalue weighted by atomic mass is 10.3. The fourth-order valence-corrected chi connectivity index (χ4v) is 4.08. The molecule has 0 saturated heterocycles. The first kappa shape index (κ1) is 19.1. The number of hydrogen-bond acceptors (Lipinski definition) is 7. The van der Waals surface area contributed by atoms with E-state index in [2.05, 4.69) is 20.8 Å². The molecule has 1 aromatic heterocycles. The Morgan fingerprint density at radius 2 is 1.85 bits per heavy atom. The highest BCUT2D eigenvalue weighted by molar-refractivity contribution is 8.02. The zero-order chi connectivity index (χ0) is 19.2. The van der Waals surface area contributed by atoms with E-state index in [9.17, 15) is 9.18 Å². The maximum Gasteiger partial charge on any atom is 0.237 e. The Bertz CT molecular complexity index is 935. The Balaban J connectivity index is 1.61. The number of para-hydroxylation sites is 3. The molecule has 0 fully saturated rings. The highest BCUT2D eigenvalue weighted by atomic mass is 32.2. The molecule has 0 aliphatic heterocycles. The molecule has 3 rings (SSSR count). The largest absolute Gasteiger partial charge is 0.495 e. The topological polar surface area (TPSA) is 76.1 Å². The number of carbonyl (C=O) groups is 1. The van der Waals surface area contributed by atoms with Gasteiger partial charge in [0.1, 0.15) is 11.6 Å². The van der Waals surface area contributed by atoms with Crippen molar-refractivity contribution in [2.24, 2.45) is 0 Å². The second-order valence-electron chi connectivity index (χ2n) is 5.43. The lowest BCUT2D eigenvalue weighted by Gasteiger charge is -2.10. The third-order valence-corrected chi connectivity index (χ3v) is 5.56. The summed E-state index contributed by atoms with van der Waals surface area (Å²) in [5.74, 6) is -0.0821. The minimum atomic E-state index is -0.470. The van der Waals surface area contributed by atoms with Crippen molar-refractivity contribution in [1.29, 1.82) is 0 Å². The van der Waals surface area contributed by atoms with Crippen molar-refractivity contribution in [3.63, 3.8) is 0 Å². The standard InChI is InChI=1S/C18H17FN4O2S2/c1-11(16(24)20-13-8-4-3-7-12(13)19)26-18-23-22-17(27-18)21-14-9-5-6-10-15(14)25-2/h3-11H,1-2H3,(H,20,24)(H,21,22)/t11-/m0/s1. The molecule has 27 heavy (non-hydrogen) atoms. The molecule has 3 aromatic rings. The Morgan fingerprint density at radius 1 is 1.15 bits per heavy atom. The van der Waals surface area contributed by atoms with Crippen LogP contribution < -0.4 is 15.4 Å². The summed E-state index contributed by atoms with van der Waals surface area (Å²) in [7, 11) is 1.59. The number of halogens is 1. The van der Waals surface area contributed by atoms with Crippen LogP contribution >= 0.6 is 23.1 Å². The number of nitrogens with one attached hydrogen (secondary N) is 2. The van der Waals surface area contributed by atoms with E-state index >= 15 is 0 Å². The summed E-state index contributed by atoms with van der Waals surface area (Å²) in [5, 5.41) is 14.0. The number of aromatic nitrogens is 2. The maximum absolute atomic E-state index is 13.7. The predicted molar refractivity (Wildman–Crippen MR) is 107 cm³/mol. The first-order valence-electron chi connectivity index (χ1n) is 8.02. The van der Waals surface area contributed by atoms with Gasteiger partial charge in [-0.25, -0.2) is 4.39 Å². The van der Waals surface area contributed by atoms with Gasteiger partial charge < -0.3 is 15.4 Å². The third kappa shape index (κ3) is 4.95. The number of ether oxygens (including phenoxy) is 1. The zero-order valence-electron chi connectivity index (χ0n) is 14.6. The first-order chi connectivity index (χ1) is 13.1. The smallest absolute Gasteiger partial charge is 0.237 e. The normalized spacial score (nSPS) is 11.7. The highest BCUT2D eigenvalue weighted by Gasteiger charge is 2.18. The van der Waals surface area contributed by atoms with Crippen LogP contribution in [0.5, 0.6) is 5.75 Å². The summed E-state index contributed by atoms with van der Waals surface area (Å²) in [5.41, 5.74) is 0.934. The number of anilines is 3. The number of hydrogen-bond donors (Lipinski definition) is 2. The molecule has 0 spiro atoms.